The second kappa shape index (κ2) is 5.34. The van der Waals surface area contributed by atoms with Crippen LogP contribution in [0.25, 0.3) is 0 Å². The molecule has 1 saturated carbocycles. The second-order valence-corrected chi connectivity index (χ2v) is 6.64. The molecule has 1 aromatic heterocycles. The molecule has 2 rings (SSSR count). The molecular weight excluding hydrogens is 266 g/mol. The van der Waals surface area contributed by atoms with Crippen molar-refractivity contribution in [2.24, 2.45) is 18.1 Å². The number of nitrogens with two attached hydrogens (primary N) is 1. The Kier molecular flexibility index (Phi) is 3.96. The molecule has 3 N–H and O–H groups in total. The third-order valence-corrected chi connectivity index (χ3v) is 4.45. The van der Waals surface area contributed by atoms with Gasteiger partial charge < -0.3 is 9.88 Å². The first-order valence-electron chi connectivity index (χ1n) is 6.35. The van der Waals surface area contributed by atoms with Crippen molar-refractivity contribution in [1.29, 1.82) is 0 Å². The number of carbonyl (C=O) groups is 1. The fraction of sp³-hybridized carbons (Fsp3) is 0.583. The molecule has 1 heterocycles. The minimum Gasteiger partial charge on any atom is -0.350 e. The molecule has 0 spiro atoms. The van der Waals surface area contributed by atoms with Gasteiger partial charge in [-0.1, -0.05) is 12.8 Å². The monoisotopic (exact) mass is 285 g/mol. The van der Waals surface area contributed by atoms with Crippen LogP contribution in [0.3, 0.4) is 0 Å². The Bertz CT molecular complexity index is 571. The van der Waals surface area contributed by atoms with Gasteiger partial charge in [0, 0.05) is 19.8 Å². The number of carbonyl (C=O) groups excluding carboxylic acids is 1. The standard InChI is InChI=1S/C12H19N3O3S/c1-15-8-10(19(13,17)18)6-11(15)12(16)14-7-9-4-2-3-5-9/h6,8-9H,2-5,7H2,1H3,(H,14,16)(H2,13,17,18). The highest BCUT2D eigenvalue weighted by Crippen LogP contribution is 2.23. The van der Waals surface area contributed by atoms with Gasteiger partial charge in [0.1, 0.15) is 10.6 Å². The molecule has 1 amide bonds. The fourth-order valence-electron chi connectivity index (χ4n) is 2.46. The van der Waals surface area contributed by atoms with E-state index in [0.717, 1.165) is 12.8 Å². The van der Waals surface area contributed by atoms with Crippen molar-refractivity contribution in [1.82, 2.24) is 9.88 Å². The lowest BCUT2D eigenvalue weighted by Gasteiger charge is -2.10. The molecule has 6 nitrogen and oxygen atoms in total. The van der Waals surface area contributed by atoms with Crippen molar-refractivity contribution in [3.63, 3.8) is 0 Å². The highest BCUT2D eigenvalue weighted by Gasteiger charge is 2.19. The summed E-state index contributed by atoms with van der Waals surface area (Å²) in [6.45, 7) is 0.648. The van der Waals surface area contributed by atoms with Crippen LogP contribution in [-0.2, 0) is 17.1 Å². The van der Waals surface area contributed by atoms with Crippen molar-refractivity contribution in [3.05, 3.63) is 18.0 Å². The molecule has 106 valence electrons. The van der Waals surface area contributed by atoms with E-state index in [2.05, 4.69) is 5.32 Å². The van der Waals surface area contributed by atoms with Crippen LogP contribution in [0.4, 0.5) is 0 Å². The number of primary sulfonamides is 1. The zero-order valence-corrected chi connectivity index (χ0v) is 11.7. The Hall–Kier alpha value is -1.34. The largest absolute Gasteiger partial charge is 0.350 e. The first-order valence-corrected chi connectivity index (χ1v) is 7.90. The molecule has 1 aliphatic rings. The lowest BCUT2D eigenvalue weighted by Crippen LogP contribution is -2.29. The summed E-state index contributed by atoms with van der Waals surface area (Å²) in [6, 6.07) is 1.30. The van der Waals surface area contributed by atoms with E-state index in [1.165, 1.54) is 29.7 Å². The van der Waals surface area contributed by atoms with Gasteiger partial charge in [-0.15, -0.1) is 0 Å². The van der Waals surface area contributed by atoms with E-state index >= 15 is 0 Å². The maximum atomic E-state index is 12.0. The van der Waals surface area contributed by atoms with Gasteiger partial charge in [0.2, 0.25) is 10.0 Å². The molecule has 0 aromatic carbocycles. The highest BCUT2D eigenvalue weighted by molar-refractivity contribution is 7.89. The van der Waals surface area contributed by atoms with Crippen molar-refractivity contribution < 1.29 is 13.2 Å². The summed E-state index contributed by atoms with van der Waals surface area (Å²) in [5.74, 6) is 0.284. The molecule has 7 heteroatoms. The minimum absolute atomic E-state index is 0.0407. The molecule has 0 radical (unpaired) electrons. The Morgan fingerprint density at radius 2 is 2.11 bits per heavy atom. The third kappa shape index (κ3) is 3.36. The predicted molar refractivity (Wildman–Crippen MR) is 71.1 cm³/mol. The number of nitrogens with zero attached hydrogens (tertiary/aromatic N) is 1. The molecule has 0 atom stereocenters. The molecule has 0 saturated heterocycles. The summed E-state index contributed by atoms with van der Waals surface area (Å²) in [4.78, 5) is 12.0. The van der Waals surface area contributed by atoms with Gasteiger partial charge in [-0.05, 0) is 24.8 Å². The second-order valence-electron chi connectivity index (χ2n) is 5.08. The summed E-state index contributed by atoms with van der Waals surface area (Å²) in [7, 11) is -2.15. The van der Waals surface area contributed by atoms with Gasteiger partial charge in [-0.25, -0.2) is 13.6 Å². The van der Waals surface area contributed by atoms with E-state index in [1.54, 1.807) is 7.05 Å². The lowest BCUT2D eigenvalue weighted by molar-refractivity contribution is 0.0939. The van der Waals surface area contributed by atoms with Crippen molar-refractivity contribution >= 4 is 15.9 Å². The minimum atomic E-state index is -3.77. The molecule has 19 heavy (non-hydrogen) atoms. The predicted octanol–water partition coefficient (Wildman–Crippen LogP) is 0.592. The van der Waals surface area contributed by atoms with E-state index in [-0.39, 0.29) is 10.8 Å². The van der Waals surface area contributed by atoms with Crippen LogP contribution in [0, 0.1) is 5.92 Å². The number of hydrogen-bond donors (Lipinski definition) is 2. The zero-order valence-electron chi connectivity index (χ0n) is 10.9. The van der Waals surface area contributed by atoms with Gasteiger partial charge in [0.25, 0.3) is 5.91 Å². The SMILES string of the molecule is Cn1cc(S(N)(=O)=O)cc1C(=O)NCC1CCCC1. The number of aromatic nitrogens is 1. The van der Waals surface area contributed by atoms with Crippen molar-refractivity contribution in [3.8, 4) is 0 Å². The smallest absolute Gasteiger partial charge is 0.267 e. The van der Waals surface area contributed by atoms with E-state index in [1.807, 2.05) is 0 Å². The Labute approximate surface area is 113 Å². The van der Waals surface area contributed by atoms with Crippen LogP contribution >= 0.6 is 0 Å². The molecule has 1 aromatic rings. The summed E-state index contributed by atoms with van der Waals surface area (Å²) in [6.07, 6.45) is 6.09. The Morgan fingerprint density at radius 1 is 1.47 bits per heavy atom. The van der Waals surface area contributed by atoms with E-state index in [9.17, 15) is 13.2 Å². The normalized spacial score (nSPS) is 16.7. The van der Waals surface area contributed by atoms with Gasteiger partial charge in [0.05, 0.1) is 0 Å². The van der Waals surface area contributed by atoms with Crippen molar-refractivity contribution in [2.45, 2.75) is 30.6 Å². The summed E-state index contributed by atoms with van der Waals surface area (Å²) in [5.41, 5.74) is 0.307. The average Bonchev–Trinajstić information content (AvgIpc) is 2.93. The van der Waals surface area contributed by atoms with Gasteiger partial charge in [-0.3, -0.25) is 4.79 Å². The van der Waals surface area contributed by atoms with Crippen molar-refractivity contribution in [2.75, 3.05) is 6.54 Å². The maximum absolute atomic E-state index is 12.0. The average molecular weight is 285 g/mol. The number of hydrogen-bond acceptors (Lipinski definition) is 3. The van der Waals surface area contributed by atoms with Gasteiger partial charge >= 0.3 is 0 Å². The number of nitrogens with one attached hydrogen (secondary N) is 1. The molecule has 1 aliphatic carbocycles. The van der Waals surface area contributed by atoms with Crippen LogP contribution in [0.1, 0.15) is 36.2 Å². The lowest BCUT2D eigenvalue weighted by atomic mass is 10.1. The molecular formula is C12H19N3O3S. The molecule has 0 aliphatic heterocycles. The van der Waals surface area contributed by atoms with Gasteiger partial charge in [0.15, 0.2) is 0 Å². The number of rotatable bonds is 4. The van der Waals surface area contributed by atoms with Crippen LogP contribution in [0.2, 0.25) is 0 Å². The van der Waals surface area contributed by atoms with E-state index in [0.29, 0.717) is 18.2 Å². The Morgan fingerprint density at radius 3 is 2.63 bits per heavy atom. The topological polar surface area (TPSA) is 94.2 Å². The first-order chi connectivity index (χ1) is 8.88. The number of amides is 1. The van der Waals surface area contributed by atoms with Crippen LogP contribution < -0.4 is 10.5 Å². The van der Waals surface area contributed by atoms with E-state index in [4.69, 9.17) is 5.14 Å². The van der Waals surface area contributed by atoms with Crippen LogP contribution in [0.15, 0.2) is 17.2 Å². The number of sulfonamides is 1. The zero-order chi connectivity index (χ0) is 14.0. The molecule has 0 unspecified atom stereocenters. The fourth-order valence-corrected chi connectivity index (χ4v) is 3.04. The summed E-state index contributed by atoms with van der Waals surface area (Å²) in [5, 5.41) is 7.89. The highest BCUT2D eigenvalue weighted by atomic mass is 32.2. The third-order valence-electron chi connectivity index (χ3n) is 3.57. The van der Waals surface area contributed by atoms with E-state index < -0.39 is 10.0 Å². The summed E-state index contributed by atoms with van der Waals surface area (Å²) >= 11 is 0. The molecule has 0 bridgehead atoms. The quantitative estimate of drug-likeness (QED) is 0.847. The Balaban J connectivity index is 2.04. The first kappa shape index (κ1) is 14.1. The maximum Gasteiger partial charge on any atom is 0.267 e. The summed E-state index contributed by atoms with van der Waals surface area (Å²) < 4.78 is 23.9. The number of aryl methyl sites for hydroxylation is 1. The van der Waals surface area contributed by atoms with Crippen LogP contribution in [-0.4, -0.2) is 25.4 Å². The van der Waals surface area contributed by atoms with Gasteiger partial charge in [-0.2, -0.15) is 0 Å². The van der Waals surface area contributed by atoms with Crippen LogP contribution in [0.5, 0.6) is 0 Å². The molecule has 1 fully saturated rings.